The molecular weight excluding hydrogens is 326 g/mol. The van der Waals surface area contributed by atoms with Crippen molar-refractivity contribution in [2.75, 3.05) is 27.9 Å². The van der Waals surface area contributed by atoms with Gasteiger partial charge in [0.15, 0.2) is 11.5 Å². The van der Waals surface area contributed by atoms with Gasteiger partial charge in [-0.05, 0) is 36.1 Å². The summed E-state index contributed by atoms with van der Waals surface area (Å²) in [6.45, 7) is 2.93. The minimum atomic E-state index is -0.0438. The molecule has 0 spiro atoms. The van der Waals surface area contributed by atoms with Crippen molar-refractivity contribution in [3.05, 3.63) is 46.2 Å². The maximum atomic E-state index is 12.8. The number of thiophene rings is 1. The highest BCUT2D eigenvalue weighted by atomic mass is 32.1. The van der Waals surface area contributed by atoms with Gasteiger partial charge in [0.2, 0.25) is 0 Å². The van der Waals surface area contributed by atoms with E-state index in [2.05, 4.69) is 0 Å². The van der Waals surface area contributed by atoms with Gasteiger partial charge in [-0.1, -0.05) is 12.1 Å². The summed E-state index contributed by atoms with van der Waals surface area (Å²) in [5, 5.41) is 1.91. The Labute approximate surface area is 146 Å². The van der Waals surface area contributed by atoms with Crippen molar-refractivity contribution in [2.24, 2.45) is 0 Å². The molecule has 2 aromatic rings. The number of ether oxygens (including phenoxy) is 3. The maximum Gasteiger partial charge on any atom is 0.264 e. The molecule has 1 heterocycles. The zero-order valence-corrected chi connectivity index (χ0v) is 15.3. The zero-order valence-electron chi connectivity index (χ0n) is 14.4. The van der Waals surface area contributed by atoms with Crippen LogP contribution in [0.1, 0.15) is 22.2 Å². The molecule has 5 nitrogen and oxygen atoms in total. The molecule has 0 saturated heterocycles. The average molecular weight is 349 g/mol. The van der Waals surface area contributed by atoms with Gasteiger partial charge < -0.3 is 19.1 Å². The topological polar surface area (TPSA) is 48.0 Å². The number of amides is 1. The lowest BCUT2D eigenvalue weighted by atomic mass is 10.1. The van der Waals surface area contributed by atoms with Crippen molar-refractivity contribution in [3.8, 4) is 11.5 Å². The fourth-order valence-corrected chi connectivity index (χ4v) is 3.16. The summed E-state index contributed by atoms with van der Waals surface area (Å²) in [5.74, 6) is 1.32. The van der Waals surface area contributed by atoms with Crippen LogP contribution in [0.3, 0.4) is 0 Å². The Balaban J connectivity index is 2.26. The lowest BCUT2D eigenvalue weighted by molar-refractivity contribution is 0.0546. The summed E-state index contributed by atoms with van der Waals surface area (Å²) < 4.78 is 15.8. The van der Waals surface area contributed by atoms with Crippen molar-refractivity contribution in [1.82, 2.24) is 4.90 Å². The van der Waals surface area contributed by atoms with Crippen LogP contribution in [0.4, 0.5) is 0 Å². The van der Waals surface area contributed by atoms with E-state index in [1.54, 1.807) is 21.3 Å². The van der Waals surface area contributed by atoms with Gasteiger partial charge >= 0.3 is 0 Å². The molecule has 1 aromatic carbocycles. The minimum absolute atomic E-state index is 0.00401. The lowest BCUT2D eigenvalue weighted by Gasteiger charge is -2.29. The molecule has 1 atom stereocenters. The predicted octanol–water partition coefficient (Wildman–Crippen LogP) is 3.44. The second-order valence-corrected chi connectivity index (χ2v) is 6.35. The second kappa shape index (κ2) is 8.70. The van der Waals surface area contributed by atoms with E-state index in [9.17, 15) is 4.79 Å². The molecule has 0 unspecified atom stereocenters. The molecule has 130 valence electrons. The molecule has 1 amide bonds. The van der Waals surface area contributed by atoms with Gasteiger partial charge in [0.1, 0.15) is 0 Å². The Morgan fingerprint density at radius 1 is 1.17 bits per heavy atom. The smallest absolute Gasteiger partial charge is 0.264 e. The predicted molar refractivity (Wildman–Crippen MR) is 95.1 cm³/mol. The molecule has 0 fully saturated rings. The number of benzene rings is 1. The summed E-state index contributed by atoms with van der Waals surface area (Å²) in [6, 6.07) is 9.37. The molecule has 0 N–H and O–H groups in total. The van der Waals surface area contributed by atoms with Gasteiger partial charge in [-0.25, -0.2) is 0 Å². The van der Waals surface area contributed by atoms with Crippen molar-refractivity contribution >= 4 is 17.2 Å². The van der Waals surface area contributed by atoms with Crippen LogP contribution < -0.4 is 9.47 Å². The molecule has 24 heavy (non-hydrogen) atoms. The normalized spacial score (nSPS) is 11.8. The Morgan fingerprint density at radius 3 is 2.50 bits per heavy atom. The first kappa shape index (κ1) is 18.3. The summed E-state index contributed by atoms with van der Waals surface area (Å²) in [5.41, 5.74) is 0.973. The molecule has 0 radical (unpaired) electrons. The molecule has 2 rings (SSSR count). The third-order valence-electron chi connectivity index (χ3n) is 3.73. The van der Waals surface area contributed by atoms with Crippen LogP contribution in [-0.4, -0.2) is 44.8 Å². The van der Waals surface area contributed by atoms with E-state index in [1.165, 1.54) is 11.3 Å². The highest BCUT2D eigenvalue weighted by Crippen LogP contribution is 2.28. The van der Waals surface area contributed by atoms with Gasteiger partial charge in [0.05, 0.1) is 31.7 Å². The number of carbonyl (C=O) groups excluding carboxylic acids is 1. The van der Waals surface area contributed by atoms with E-state index >= 15 is 0 Å². The number of nitrogens with zero attached hydrogens (tertiary/aromatic N) is 1. The molecule has 1 aromatic heterocycles. The van der Waals surface area contributed by atoms with Crippen molar-refractivity contribution < 1.29 is 19.0 Å². The quantitative estimate of drug-likeness (QED) is 0.732. The van der Waals surface area contributed by atoms with Crippen LogP contribution in [-0.2, 0) is 11.3 Å². The molecule has 0 bridgehead atoms. The Hall–Kier alpha value is -2.05. The molecule has 0 aliphatic carbocycles. The van der Waals surface area contributed by atoms with Crippen LogP contribution in [0.15, 0.2) is 35.7 Å². The highest BCUT2D eigenvalue weighted by molar-refractivity contribution is 7.12. The van der Waals surface area contributed by atoms with Crippen LogP contribution in [0.2, 0.25) is 0 Å². The largest absolute Gasteiger partial charge is 0.493 e. The molecule has 0 aliphatic rings. The molecule has 6 heteroatoms. The summed E-state index contributed by atoms with van der Waals surface area (Å²) in [4.78, 5) is 15.4. The van der Waals surface area contributed by atoms with E-state index in [0.29, 0.717) is 24.7 Å². The number of carbonyl (C=O) groups is 1. The summed E-state index contributed by atoms with van der Waals surface area (Å²) >= 11 is 1.44. The number of methoxy groups -OCH3 is 3. The van der Waals surface area contributed by atoms with E-state index in [0.717, 1.165) is 10.4 Å². The zero-order chi connectivity index (χ0) is 17.5. The van der Waals surface area contributed by atoms with E-state index in [-0.39, 0.29) is 11.9 Å². The van der Waals surface area contributed by atoms with Gasteiger partial charge in [0, 0.05) is 13.7 Å². The Bertz CT molecular complexity index is 657. The van der Waals surface area contributed by atoms with Crippen molar-refractivity contribution in [3.63, 3.8) is 0 Å². The second-order valence-electron chi connectivity index (χ2n) is 5.40. The first-order valence-corrected chi connectivity index (χ1v) is 8.53. The molecular formula is C18H23NO4S. The van der Waals surface area contributed by atoms with Crippen LogP contribution >= 0.6 is 11.3 Å². The van der Waals surface area contributed by atoms with Crippen LogP contribution in [0.5, 0.6) is 11.5 Å². The van der Waals surface area contributed by atoms with Crippen LogP contribution in [0, 0.1) is 0 Å². The third-order valence-corrected chi connectivity index (χ3v) is 4.59. The van der Waals surface area contributed by atoms with Crippen molar-refractivity contribution in [1.29, 1.82) is 0 Å². The Kier molecular flexibility index (Phi) is 6.63. The number of hydrogen-bond acceptors (Lipinski definition) is 5. The number of hydrogen-bond donors (Lipinski definition) is 0. The summed E-state index contributed by atoms with van der Waals surface area (Å²) in [6.07, 6.45) is 0. The monoisotopic (exact) mass is 349 g/mol. The van der Waals surface area contributed by atoms with Gasteiger partial charge in [-0.2, -0.15) is 0 Å². The van der Waals surface area contributed by atoms with Gasteiger partial charge in [-0.15, -0.1) is 11.3 Å². The SMILES string of the molecule is COC[C@@H](C)N(Cc1ccc(OC)c(OC)c1)C(=O)c1cccs1. The van der Waals surface area contributed by atoms with E-state index in [4.69, 9.17) is 14.2 Å². The number of rotatable bonds is 8. The van der Waals surface area contributed by atoms with Gasteiger partial charge in [0.25, 0.3) is 5.91 Å². The van der Waals surface area contributed by atoms with Crippen LogP contribution in [0.25, 0.3) is 0 Å². The van der Waals surface area contributed by atoms with E-state index < -0.39 is 0 Å². The maximum absolute atomic E-state index is 12.8. The summed E-state index contributed by atoms with van der Waals surface area (Å²) in [7, 11) is 4.84. The standard InChI is InChI=1S/C18H23NO4S/c1-13(12-21-2)19(18(20)17-6-5-9-24-17)11-14-7-8-15(22-3)16(10-14)23-4/h5-10,13H,11-12H2,1-4H3/t13-/m1/s1. The highest BCUT2D eigenvalue weighted by Gasteiger charge is 2.23. The first-order chi connectivity index (χ1) is 11.6. The molecule has 0 aliphatic heterocycles. The van der Waals surface area contributed by atoms with E-state index in [1.807, 2.05) is 47.5 Å². The van der Waals surface area contributed by atoms with Gasteiger partial charge in [-0.3, -0.25) is 4.79 Å². The fraction of sp³-hybridized carbons (Fsp3) is 0.389. The fourth-order valence-electron chi connectivity index (χ4n) is 2.48. The minimum Gasteiger partial charge on any atom is -0.493 e. The Morgan fingerprint density at radius 2 is 1.92 bits per heavy atom. The first-order valence-electron chi connectivity index (χ1n) is 7.65. The third kappa shape index (κ3) is 4.27. The van der Waals surface area contributed by atoms with Crippen molar-refractivity contribution in [2.45, 2.75) is 19.5 Å². The lowest BCUT2D eigenvalue weighted by Crippen LogP contribution is -2.40. The molecule has 0 saturated carbocycles. The average Bonchev–Trinajstić information content (AvgIpc) is 3.13.